The number of phosphoric ester groups is 1. The highest BCUT2D eigenvalue weighted by Crippen LogP contribution is 2.43. The third-order valence-electron chi connectivity index (χ3n) is 9.25. The Morgan fingerprint density at radius 1 is 0.469 bits per heavy atom. The average Bonchev–Trinajstić information content (AvgIpc) is 3.29. The number of carbonyl (C=O) groups excluding carboxylic acids is 1. The summed E-state index contributed by atoms with van der Waals surface area (Å²) < 4.78 is 33.5. The van der Waals surface area contributed by atoms with Crippen molar-refractivity contribution < 1.29 is 32.8 Å². The molecule has 0 heterocycles. The normalized spacial score (nSPS) is 14.6. The van der Waals surface area contributed by atoms with Gasteiger partial charge in [0, 0.05) is 19.6 Å². The van der Waals surface area contributed by atoms with E-state index in [-0.39, 0.29) is 38.8 Å². The second-order valence-electron chi connectivity index (χ2n) is 15.2. The molecule has 2 atom stereocenters. The molecule has 0 saturated heterocycles. The summed E-state index contributed by atoms with van der Waals surface area (Å²) >= 11 is 0. The van der Waals surface area contributed by atoms with Crippen LogP contribution in [0.4, 0.5) is 0 Å². The van der Waals surface area contributed by atoms with E-state index in [9.17, 15) is 14.3 Å². The summed E-state index contributed by atoms with van der Waals surface area (Å²) in [6.45, 7) is 4.54. The number of esters is 1. The summed E-state index contributed by atoms with van der Waals surface area (Å²) in [7, 11) is -4.31. The predicted octanol–water partition coefficient (Wildman–Crippen LogP) is 15.3. The molecule has 9 heteroatoms. The lowest BCUT2D eigenvalue weighted by Gasteiger charge is -2.20. The zero-order valence-electron chi connectivity index (χ0n) is 39.9. The van der Waals surface area contributed by atoms with Gasteiger partial charge in [-0.3, -0.25) is 13.8 Å². The third-order valence-corrected chi connectivity index (χ3v) is 10.2. The fourth-order valence-electron chi connectivity index (χ4n) is 5.77. The smallest absolute Gasteiger partial charge is 0.457 e. The number of allylic oxidation sites excluding steroid dienone is 24. The highest BCUT2D eigenvalue weighted by molar-refractivity contribution is 7.47. The maximum atomic E-state index is 12.6. The van der Waals surface area contributed by atoms with Crippen LogP contribution in [0.15, 0.2) is 146 Å². The van der Waals surface area contributed by atoms with Crippen molar-refractivity contribution in [2.24, 2.45) is 5.73 Å². The van der Waals surface area contributed by atoms with Crippen LogP contribution in [-0.2, 0) is 27.9 Å². The molecule has 0 rings (SSSR count). The first-order valence-corrected chi connectivity index (χ1v) is 25.8. The summed E-state index contributed by atoms with van der Waals surface area (Å²) in [4.78, 5) is 22.6. The van der Waals surface area contributed by atoms with Gasteiger partial charge >= 0.3 is 13.8 Å². The van der Waals surface area contributed by atoms with Crippen molar-refractivity contribution in [3.8, 4) is 0 Å². The lowest BCUT2D eigenvalue weighted by atomic mass is 10.1. The van der Waals surface area contributed by atoms with Crippen molar-refractivity contribution in [1.29, 1.82) is 0 Å². The van der Waals surface area contributed by atoms with Gasteiger partial charge in [-0.25, -0.2) is 4.57 Å². The maximum Gasteiger partial charge on any atom is 0.472 e. The molecule has 0 aliphatic heterocycles. The lowest BCUT2D eigenvalue weighted by Crippen LogP contribution is -2.28. The molecule has 0 aromatic rings. The van der Waals surface area contributed by atoms with Gasteiger partial charge in [0.05, 0.1) is 19.8 Å². The molecule has 0 aliphatic rings. The minimum absolute atomic E-state index is 0.0733. The molecule has 8 nitrogen and oxygen atoms in total. The fourth-order valence-corrected chi connectivity index (χ4v) is 6.53. The Labute approximate surface area is 390 Å². The monoisotopic (exact) mass is 906 g/mol. The molecule has 360 valence electrons. The largest absolute Gasteiger partial charge is 0.472 e. The van der Waals surface area contributed by atoms with Gasteiger partial charge < -0.3 is 20.1 Å². The van der Waals surface area contributed by atoms with Gasteiger partial charge in [-0.1, -0.05) is 179 Å². The number of phosphoric acid groups is 1. The molecule has 0 bridgehead atoms. The number of unbranched alkanes of at least 4 members (excludes halogenated alkanes) is 7. The summed E-state index contributed by atoms with van der Waals surface area (Å²) in [6, 6.07) is 0. The van der Waals surface area contributed by atoms with Crippen molar-refractivity contribution in [3.63, 3.8) is 0 Å². The first kappa shape index (κ1) is 60.4. The summed E-state index contributed by atoms with van der Waals surface area (Å²) in [6.07, 6.45) is 73.1. The molecule has 2 unspecified atom stereocenters. The third kappa shape index (κ3) is 49.4. The number of hydrogen-bond donors (Lipinski definition) is 2. The van der Waals surface area contributed by atoms with Crippen LogP contribution >= 0.6 is 7.82 Å². The Kier molecular flexibility index (Phi) is 47.5. The van der Waals surface area contributed by atoms with Crippen molar-refractivity contribution in [1.82, 2.24) is 0 Å². The summed E-state index contributed by atoms with van der Waals surface area (Å²) in [5.74, 6) is -0.387. The molecule has 0 amide bonds. The van der Waals surface area contributed by atoms with E-state index in [0.717, 1.165) is 128 Å². The van der Waals surface area contributed by atoms with Gasteiger partial charge in [0.25, 0.3) is 0 Å². The van der Waals surface area contributed by atoms with Crippen LogP contribution in [0.1, 0.15) is 155 Å². The highest BCUT2D eigenvalue weighted by Gasteiger charge is 2.25. The van der Waals surface area contributed by atoms with Gasteiger partial charge in [-0.15, -0.1) is 0 Å². The van der Waals surface area contributed by atoms with Crippen LogP contribution in [-0.4, -0.2) is 49.9 Å². The first-order valence-electron chi connectivity index (χ1n) is 24.3. The van der Waals surface area contributed by atoms with Crippen LogP contribution in [0.2, 0.25) is 0 Å². The molecule has 0 aliphatic carbocycles. The Morgan fingerprint density at radius 2 is 0.828 bits per heavy atom. The van der Waals surface area contributed by atoms with Gasteiger partial charge in [-0.05, 0) is 116 Å². The van der Waals surface area contributed by atoms with Crippen LogP contribution in [0, 0.1) is 0 Å². The van der Waals surface area contributed by atoms with E-state index in [1.165, 1.54) is 0 Å². The average molecular weight is 906 g/mol. The molecule has 0 aromatic carbocycles. The van der Waals surface area contributed by atoms with Gasteiger partial charge in [-0.2, -0.15) is 0 Å². The van der Waals surface area contributed by atoms with Gasteiger partial charge in [0.2, 0.25) is 0 Å². The Morgan fingerprint density at radius 3 is 1.23 bits per heavy atom. The van der Waals surface area contributed by atoms with Crippen LogP contribution < -0.4 is 5.73 Å². The van der Waals surface area contributed by atoms with E-state index >= 15 is 0 Å². The molecule has 64 heavy (non-hydrogen) atoms. The Balaban J connectivity index is 4.17. The molecule has 0 fully saturated rings. The maximum absolute atomic E-state index is 12.6. The van der Waals surface area contributed by atoms with Gasteiger partial charge in [0.15, 0.2) is 0 Å². The second kappa shape index (κ2) is 50.4. The predicted molar refractivity (Wildman–Crippen MR) is 274 cm³/mol. The van der Waals surface area contributed by atoms with E-state index in [0.29, 0.717) is 13.0 Å². The molecule has 0 saturated carbocycles. The van der Waals surface area contributed by atoms with Crippen molar-refractivity contribution in [2.45, 2.75) is 161 Å². The molecule has 0 radical (unpaired) electrons. The topological polar surface area (TPSA) is 117 Å². The molecule has 0 spiro atoms. The van der Waals surface area contributed by atoms with Crippen LogP contribution in [0.5, 0.6) is 0 Å². The van der Waals surface area contributed by atoms with E-state index in [4.69, 9.17) is 24.3 Å². The van der Waals surface area contributed by atoms with E-state index in [2.05, 4.69) is 160 Å². The second-order valence-corrected chi connectivity index (χ2v) is 16.7. The van der Waals surface area contributed by atoms with E-state index in [1.54, 1.807) is 0 Å². The lowest BCUT2D eigenvalue weighted by molar-refractivity contribution is -0.154. The zero-order valence-corrected chi connectivity index (χ0v) is 40.8. The van der Waals surface area contributed by atoms with Crippen molar-refractivity contribution >= 4 is 13.8 Å². The zero-order chi connectivity index (χ0) is 46.5. The Hall–Kier alpha value is -3.62. The van der Waals surface area contributed by atoms with E-state index < -0.39 is 13.9 Å². The number of hydrogen-bond acceptors (Lipinski definition) is 7. The molecular weight excluding hydrogens is 818 g/mol. The Bertz CT molecular complexity index is 1480. The first-order chi connectivity index (χ1) is 31.4. The van der Waals surface area contributed by atoms with Crippen molar-refractivity contribution in [2.75, 3.05) is 33.0 Å². The standard InChI is InChI=1S/C55H88NO7P/c1-3-5-7-9-11-13-15-17-19-21-23-25-26-27-29-31-33-35-37-39-41-43-45-47-50-60-52-54(53-62-64(58,59)61-51-49-56)63-55(57)48-46-44-42-40-38-36-34-32-30-28-24-22-20-18-16-14-12-10-8-6-4-2/h5-8,11-14,17-20,23-25,27-29,32-35,38,40,54H,3-4,9-10,15-16,21-22,26,30-31,36-37,39,41-53,56H2,1-2H3,(H,58,59)/b7-5-,8-6-,13-11-,14-12-,19-17-,20-18-,25-23-,28-24-,29-27-,34-32-,35-33-,40-38-. The van der Waals surface area contributed by atoms with Crippen molar-refractivity contribution in [3.05, 3.63) is 146 Å². The minimum Gasteiger partial charge on any atom is -0.457 e. The fraction of sp³-hybridized carbons (Fsp3) is 0.545. The van der Waals surface area contributed by atoms with Crippen LogP contribution in [0.25, 0.3) is 0 Å². The number of ether oxygens (including phenoxy) is 2. The number of carbonyl (C=O) groups is 1. The van der Waals surface area contributed by atoms with Crippen LogP contribution in [0.3, 0.4) is 0 Å². The van der Waals surface area contributed by atoms with E-state index in [1.807, 2.05) is 0 Å². The highest BCUT2D eigenvalue weighted by atomic mass is 31.2. The number of rotatable bonds is 44. The quantitative estimate of drug-likeness (QED) is 0.0269. The molecule has 0 aromatic heterocycles. The van der Waals surface area contributed by atoms with Gasteiger partial charge in [0.1, 0.15) is 6.10 Å². The number of nitrogens with two attached hydrogens (primary N) is 1. The molecular formula is C55H88NO7P. The summed E-state index contributed by atoms with van der Waals surface area (Å²) in [5, 5.41) is 0. The summed E-state index contributed by atoms with van der Waals surface area (Å²) in [5.41, 5.74) is 5.38. The SMILES string of the molecule is CC/C=C\C/C=C\C/C=C\C/C=C\C/C=C\C/C=C\CCCCCCCOCC(COP(=O)(O)OCCN)OC(=O)CCCC/C=C\C/C=C\C/C=C\C/C=C\C/C=C\C/C=C\CC. The minimum atomic E-state index is -4.31. The molecule has 3 N–H and O–H groups in total.